The third-order valence-corrected chi connectivity index (χ3v) is 6.68. The van der Waals surface area contributed by atoms with Crippen molar-refractivity contribution in [1.29, 1.82) is 0 Å². The van der Waals surface area contributed by atoms with Gasteiger partial charge in [0.1, 0.15) is 5.37 Å². The van der Waals surface area contributed by atoms with Crippen LogP contribution < -0.4 is 0 Å². The van der Waals surface area contributed by atoms with E-state index in [0.29, 0.717) is 24.7 Å². The van der Waals surface area contributed by atoms with Gasteiger partial charge in [0.2, 0.25) is 5.91 Å². The standard InChI is InChI=1S/C14H21NO6S3/c1-4-21-6-7-22-14(23-9(3)16)12(13(18)19)15-10(17)8-11(15)24(20)5-2/h11H,4-8H2,1-3H3,(H,18,19)/b14-12+. The number of carbonyl (C=O) groups is 3. The lowest BCUT2D eigenvalue weighted by atomic mass is 10.2. The fraction of sp³-hybridized carbons (Fsp3) is 0.643. The molecule has 2 unspecified atom stereocenters. The van der Waals surface area contributed by atoms with Crippen molar-refractivity contribution < 1.29 is 28.4 Å². The van der Waals surface area contributed by atoms with Crippen LogP contribution in [0, 0.1) is 0 Å². The first-order valence-electron chi connectivity index (χ1n) is 7.39. The monoisotopic (exact) mass is 395 g/mol. The van der Waals surface area contributed by atoms with E-state index in [1.165, 1.54) is 6.92 Å². The first-order valence-corrected chi connectivity index (χ1v) is 10.6. The van der Waals surface area contributed by atoms with Crippen LogP contribution in [0.15, 0.2) is 9.93 Å². The van der Waals surface area contributed by atoms with Crippen molar-refractivity contribution in [3.05, 3.63) is 9.93 Å². The molecule has 1 aliphatic rings. The molecule has 0 aliphatic carbocycles. The van der Waals surface area contributed by atoms with Crippen LogP contribution in [0.5, 0.6) is 0 Å². The van der Waals surface area contributed by atoms with Crippen molar-refractivity contribution in [2.24, 2.45) is 0 Å². The summed E-state index contributed by atoms with van der Waals surface area (Å²) in [7, 11) is -1.33. The summed E-state index contributed by atoms with van der Waals surface area (Å²) in [5, 5.41) is 8.63. The van der Waals surface area contributed by atoms with Gasteiger partial charge in [-0.3, -0.25) is 18.7 Å². The van der Waals surface area contributed by atoms with Crippen LogP contribution in [-0.4, -0.2) is 61.3 Å². The van der Waals surface area contributed by atoms with Gasteiger partial charge in [0.15, 0.2) is 10.8 Å². The summed E-state index contributed by atoms with van der Waals surface area (Å²) in [6.07, 6.45) is 0.0544. The Morgan fingerprint density at radius 1 is 1.42 bits per heavy atom. The minimum absolute atomic E-state index is 0.0544. The lowest BCUT2D eigenvalue weighted by molar-refractivity contribution is -0.145. The Morgan fingerprint density at radius 3 is 2.54 bits per heavy atom. The van der Waals surface area contributed by atoms with Crippen LogP contribution >= 0.6 is 23.5 Å². The summed E-state index contributed by atoms with van der Waals surface area (Å²) >= 11 is 1.92. The van der Waals surface area contributed by atoms with Crippen LogP contribution in [0.1, 0.15) is 27.2 Å². The van der Waals surface area contributed by atoms with Gasteiger partial charge in [-0.25, -0.2) is 4.79 Å². The van der Waals surface area contributed by atoms with Gasteiger partial charge in [-0.15, -0.1) is 11.8 Å². The Labute approximate surface area is 152 Å². The Kier molecular flexibility index (Phi) is 9.03. The Hall–Kier alpha value is -0.840. The number of carboxylic acids is 1. The number of hydrogen-bond donors (Lipinski definition) is 1. The zero-order valence-corrected chi connectivity index (χ0v) is 16.2. The molecule has 0 radical (unpaired) electrons. The third-order valence-electron chi connectivity index (χ3n) is 3.03. The summed E-state index contributed by atoms with van der Waals surface area (Å²) in [5.41, 5.74) is -0.264. The second kappa shape index (κ2) is 10.2. The third kappa shape index (κ3) is 5.61. The van der Waals surface area contributed by atoms with Crippen LogP contribution in [0.25, 0.3) is 0 Å². The van der Waals surface area contributed by atoms with Gasteiger partial charge in [-0.1, -0.05) is 6.92 Å². The maximum Gasteiger partial charge on any atom is 0.354 e. The fourth-order valence-electron chi connectivity index (χ4n) is 1.96. The first-order chi connectivity index (χ1) is 11.3. The second-order valence-electron chi connectivity index (χ2n) is 4.67. The highest BCUT2D eigenvalue weighted by molar-refractivity contribution is 8.29. The maximum atomic E-state index is 12.0. The van der Waals surface area contributed by atoms with Crippen molar-refractivity contribution in [1.82, 2.24) is 4.90 Å². The second-order valence-corrected chi connectivity index (χ2v) is 9.11. The Balaban J connectivity index is 3.13. The Morgan fingerprint density at radius 2 is 2.08 bits per heavy atom. The number of hydrogen-bond acceptors (Lipinski definition) is 7. The van der Waals surface area contributed by atoms with E-state index < -0.39 is 28.0 Å². The van der Waals surface area contributed by atoms with Crippen LogP contribution in [0.4, 0.5) is 0 Å². The van der Waals surface area contributed by atoms with Crippen molar-refractivity contribution in [2.75, 3.05) is 24.7 Å². The molecule has 136 valence electrons. The van der Waals surface area contributed by atoms with E-state index in [9.17, 15) is 23.7 Å². The summed E-state index contributed by atoms with van der Waals surface area (Å²) in [6, 6.07) is 0. The number of β-lactam (4-membered cyclic amide) rings is 1. The number of amides is 1. The van der Waals surface area contributed by atoms with Crippen molar-refractivity contribution in [3.63, 3.8) is 0 Å². The number of aliphatic carboxylic acids is 1. The summed E-state index contributed by atoms with van der Waals surface area (Å²) < 4.78 is 17.5. The van der Waals surface area contributed by atoms with Crippen LogP contribution in [0.2, 0.25) is 0 Å². The molecular weight excluding hydrogens is 374 g/mol. The highest BCUT2D eigenvalue weighted by atomic mass is 32.2. The molecule has 0 aromatic carbocycles. The highest BCUT2D eigenvalue weighted by Gasteiger charge is 2.45. The van der Waals surface area contributed by atoms with Gasteiger partial charge in [0, 0.05) is 35.8 Å². The first kappa shape index (κ1) is 21.2. The number of thioether (sulfide) groups is 2. The number of ether oxygens (including phenoxy) is 1. The van der Waals surface area contributed by atoms with Gasteiger partial charge in [0.25, 0.3) is 0 Å². The molecule has 1 N–H and O–H groups in total. The predicted molar refractivity (Wildman–Crippen MR) is 95.8 cm³/mol. The van der Waals surface area contributed by atoms with E-state index in [0.717, 1.165) is 28.4 Å². The van der Waals surface area contributed by atoms with E-state index in [2.05, 4.69) is 0 Å². The molecule has 1 heterocycles. The van der Waals surface area contributed by atoms with Crippen LogP contribution in [-0.2, 0) is 29.9 Å². The van der Waals surface area contributed by atoms with Crippen LogP contribution in [0.3, 0.4) is 0 Å². The molecular formula is C14H21NO6S3. The molecule has 0 bridgehead atoms. The lowest BCUT2D eigenvalue weighted by Gasteiger charge is -2.39. The molecule has 0 aromatic rings. The molecule has 0 saturated carbocycles. The van der Waals surface area contributed by atoms with E-state index in [1.54, 1.807) is 6.92 Å². The molecule has 10 heteroatoms. The maximum absolute atomic E-state index is 12.0. The summed E-state index contributed by atoms with van der Waals surface area (Å²) in [4.78, 5) is 36.2. The van der Waals surface area contributed by atoms with E-state index in [1.807, 2.05) is 6.92 Å². The molecule has 1 amide bonds. The highest BCUT2D eigenvalue weighted by Crippen LogP contribution is 2.38. The molecule has 1 fully saturated rings. The number of rotatable bonds is 10. The Bertz CT molecular complexity index is 563. The molecule has 0 aromatic heterocycles. The minimum atomic E-state index is -1.33. The van der Waals surface area contributed by atoms with E-state index in [4.69, 9.17) is 4.74 Å². The van der Waals surface area contributed by atoms with E-state index in [-0.39, 0.29) is 21.5 Å². The number of likely N-dealkylation sites (tertiary alicyclic amines) is 1. The quantitative estimate of drug-likeness (QED) is 0.338. The molecule has 7 nitrogen and oxygen atoms in total. The zero-order valence-electron chi connectivity index (χ0n) is 13.8. The van der Waals surface area contributed by atoms with Crippen molar-refractivity contribution in [2.45, 2.75) is 32.6 Å². The van der Waals surface area contributed by atoms with Crippen molar-refractivity contribution >= 4 is 51.3 Å². The summed E-state index contributed by atoms with van der Waals surface area (Å²) in [6.45, 7) is 5.82. The smallest absolute Gasteiger partial charge is 0.354 e. The SMILES string of the molecule is CCOCCS/C(SC(C)=O)=C(/C(=O)O)N1C(=O)CC1S(=O)CC. The van der Waals surface area contributed by atoms with Gasteiger partial charge < -0.3 is 9.84 Å². The van der Waals surface area contributed by atoms with E-state index >= 15 is 0 Å². The van der Waals surface area contributed by atoms with Gasteiger partial charge in [-0.2, -0.15) is 0 Å². The molecule has 0 spiro atoms. The molecule has 2 atom stereocenters. The number of nitrogens with zero attached hydrogens (tertiary/aromatic N) is 1. The molecule has 1 rings (SSSR count). The average Bonchev–Trinajstić information content (AvgIpc) is 2.51. The molecule has 24 heavy (non-hydrogen) atoms. The van der Waals surface area contributed by atoms with Crippen molar-refractivity contribution in [3.8, 4) is 0 Å². The minimum Gasteiger partial charge on any atom is -0.477 e. The van der Waals surface area contributed by atoms with Gasteiger partial charge >= 0.3 is 5.97 Å². The largest absolute Gasteiger partial charge is 0.477 e. The number of carbonyl (C=O) groups excluding carboxylic acids is 2. The number of carboxylic acid groups (broad SMARTS) is 1. The molecule has 1 aliphatic heterocycles. The molecule has 1 saturated heterocycles. The lowest BCUT2D eigenvalue weighted by Crippen LogP contribution is -2.55. The predicted octanol–water partition coefficient (Wildman–Crippen LogP) is 1.62. The topological polar surface area (TPSA) is 101 Å². The fourth-order valence-corrected chi connectivity index (χ4v) is 5.22. The zero-order chi connectivity index (χ0) is 18.3. The average molecular weight is 396 g/mol. The van der Waals surface area contributed by atoms with Gasteiger partial charge in [-0.05, 0) is 18.7 Å². The summed E-state index contributed by atoms with van der Waals surface area (Å²) in [5.74, 6) is -0.933. The van der Waals surface area contributed by atoms with Gasteiger partial charge in [0.05, 0.1) is 17.3 Å². The normalized spacial score (nSPS) is 19.5.